The fourth-order valence-electron chi connectivity index (χ4n) is 4.29. The lowest BCUT2D eigenvalue weighted by molar-refractivity contribution is 0.0314. The maximum absolute atomic E-state index is 13.6. The van der Waals surface area contributed by atoms with E-state index in [1.807, 2.05) is 0 Å². The van der Waals surface area contributed by atoms with Crippen molar-refractivity contribution in [1.82, 2.24) is 9.80 Å². The highest BCUT2D eigenvalue weighted by atomic mass is 79.9. The van der Waals surface area contributed by atoms with Crippen LogP contribution in [0.15, 0.2) is 56.1 Å². The Kier molecular flexibility index (Phi) is 5.37. The first-order valence-electron chi connectivity index (χ1n) is 10.2. The maximum Gasteiger partial charge on any atom is 0.290 e. The van der Waals surface area contributed by atoms with Crippen molar-refractivity contribution in [3.63, 3.8) is 0 Å². The molecule has 0 aliphatic carbocycles. The highest BCUT2D eigenvalue weighted by Crippen LogP contribution is 2.38. The van der Waals surface area contributed by atoms with Crippen molar-refractivity contribution in [2.75, 3.05) is 39.4 Å². The SMILES string of the molecule is O=C1c2oc3ccc(Br)cc3c(=O)c2C(c2ccc(F)cc2)N1CCN1CCOCC1. The zero-order valence-corrected chi connectivity index (χ0v) is 18.2. The van der Waals surface area contributed by atoms with Gasteiger partial charge in [-0.2, -0.15) is 0 Å². The standard InChI is InChI=1S/C23H20BrFN2O4/c24-15-3-6-18-17(13-15)21(28)19-20(14-1-4-16(25)5-2-14)27(23(29)22(19)31-18)8-7-26-9-11-30-12-10-26/h1-6,13,20H,7-12H2. The summed E-state index contributed by atoms with van der Waals surface area (Å²) in [6.45, 7) is 3.99. The summed E-state index contributed by atoms with van der Waals surface area (Å²) < 4.78 is 25.7. The number of hydrogen-bond donors (Lipinski definition) is 0. The van der Waals surface area contributed by atoms with Gasteiger partial charge >= 0.3 is 0 Å². The molecule has 8 heteroatoms. The Morgan fingerprint density at radius 2 is 1.77 bits per heavy atom. The average molecular weight is 487 g/mol. The van der Waals surface area contributed by atoms with Crippen molar-refractivity contribution >= 4 is 32.8 Å². The Morgan fingerprint density at radius 3 is 2.52 bits per heavy atom. The molecule has 5 rings (SSSR count). The first-order valence-corrected chi connectivity index (χ1v) is 10.9. The topological polar surface area (TPSA) is 63.0 Å². The number of carbonyl (C=O) groups is 1. The first kappa shape index (κ1) is 20.4. The van der Waals surface area contributed by atoms with Crippen LogP contribution >= 0.6 is 15.9 Å². The van der Waals surface area contributed by atoms with Gasteiger partial charge in [-0.15, -0.1) is 0 Å². The molecule has 1 atom stereocenters. The summed E-state index contributed by atoms with van der Waals surface area (Å²) in [7, 11) is 0. The summed E-state index contributed by atoms with van der Waals surface area (Å²) in [4.78, 5) is 30.7. The van der Waals surface area contributed by atoms with Crippen LogP contribution in [0.3, 0.4) is 0 Å². The summed E-state index contributed by atoms with van der Waals surface area (Å²) in [5.74, 6) is -0.627. The van der Waals surface area contributed by atoms with Crippen molar-refractivity contribution in [1.29, 1.82) is 0 Å². The smallest absolute Gasteiger partial charge is 0.290 e. The molecule has 2 aliphatic rings. The summed E-state index contributed by atoms with van der Waals surface area (Å²) >= 11 is 3.39. The Hall–Kier alpha value is -2.55. The van der Waals surface area contributed by atoms with E-state index in [-0.39, 0.29) is 22.9 Å². The first-order chi connectivity index (χ1) is 15.0. The second-order valence-electron chi connectivity index (χ2n) is 7.72. The van der Waals surface area contributed by atoms with Crippen LogP contribution in [0.25, 0.3) is 11.0 Å². The zero-order valence-electron chi connectivity index (χ0n) is 16.6. The molecule has 160 valence electrons. The van der Waals surface area contributed by atoms with Crippen molar-refractivity contribution in [3.05, 3.63) is 79.9 Å². The maximum atomic E-state index is 13.6. The molecular weight excluding hydrogens is 467 g/mol. The van der Waals surface area contributed by atoms with E-state index in [2.05, 4.69) is 20.8 Å². The van der Waals surface area contributed by atoms with Crippen LogP contribution in [-0.2, 0) is 4.74 Å². The number of amides is 1. The van der Waals surface area contributed by atoms with Crippen LogP contribution in [0, 0.1) is 5.82 Å². The molecule has 1 amide bonds. The quantitative estimate of drug-likeness (QED) is 0.563. The Morgan fingerprint density at radius 1 is 1.03 bits per heavy atom. The third-order valence-electron chi connectivity index (χ3n) is 5.87. The number of morpholine rings is 1. The monoisotopic (exact) mass is 486 g/mol. The number of fused-ring (bicyclic) bond motifs is 2. The van der Waals surface area contributed by atoms with E-state index < -0.39 is 6.04 Å². The molecule has 2 aromatic carbocycles. The summed E-state index contributed by atoms with van der Waals surface area (Å²) in [5.41, 5.74) is 1.11. The minimum Gasteiger partial charge on any atom is -0.450 e. The van der Waals surface area contributed by atoms with E-state index in [1.165, 1.54) is 12.1 Å². The molecule has 0 bridgehead atoms. The number of ether oxygens (including phenoxy) is 1. The van der Waals surface area contributed by atoms with E-state index in [0.717, 1.165) is 17.6 Å². The fraction of sp³-hybridized carbons (Fsp3) is 0.304. The minimum absolute atomic E-state index is 0.0659. The second-order valence-corrected chi connectivity index (χ2v) is 8.64. The Labute approximate surface area is 186 Å². The molecule has 3 heterocycles. The lowest BCUT2D eigenvalue weighted by Crippen LogP contribution is -2.42. The number of halogens is 2. The number of hydrogen-bond acceptors (Lipinski definition) is 5. The number of carbonyl (C=O) groups excluding carboxylic acids is 1. The van der Waals surface area contributed by atoms with Crippen LogP contribution in [0.4, 0.5) is 4.39 Å². The Balaban J connectivity index is 1.60. The van der Waals surface area contributed by atoms with E-state index in [0.29, 0.717) is 48.4 Å². The predicted molar refractivity (Wildman–Crippen MR) is 117 cm³/mol. The van der Waals surface area contributed by atoms with Gasteiger partial charge in [0.05, 0.1) is 30.2 Å². The van der Waals surface area contributed by atoms with Gasteiger partial charge in [-0.05, 0) is 35.9 Å². The third kappa shape index (κ3) is 3.69. The van der Waals surface area contributed by atoms with Gasteiger partial charge in [0.15, 0.2) is 5.43 Å². The second kappa shape index (κ2) is 8.18. The van der Waals surface area contributed by atoms with Gasteiger partial charge in [-0.3, -0.25) is 14.5 Å². The molecule has 2 aliphatic heterocycles. The summed E-state index contributed by atoms with van der Waals surface area (Å²) in [6.07, 6.45) is 0. The third-order valence-corrected chi connectivity index (χ3v) is 6.37. The Bertz CT molecular complexity index is 1200. The van der Waals surface area contributed by atoms with Crippen molar-refractivity contribution < 1.29 is 18.3 Å². The van der Waals surface area contributed by atoms with Crippen LogP contribution < -0.4 is 5.43 Å². The molecular formula is C23H20BrFN2O4. The zero-order chi connectivity index (χ0) is 21.5. The predicted octanol–water partition coefficient (Wildman–Crippen LogP) is 3.57. The van der Waals surface area contributed by atoms with Gasteiger partial charge in [-0.25, -0.2) is 4.39 Å². The molecule has 1 saturated heterocycles. The van der Waals surface area contributed by atoms with Crippen molar-refractivity contribution in [3.8, 4) is 0 Å². The number of benzene rings is 2. The molecule has 1 aromatic heterocycles. The molecule has 3 aromatic rings. The summed E-state index contributed by atoms with van der Waals surface area (Å²) in [5, 5.41) is 0.406. The molecule has 1 unspecified atom stereocenters. The van der Waals surface area contributed by atoms with E-state index in [1.54, 1.807) is 35.2 Å². The molecule has 0 spiro atoms. The highest BCUT2D eigenvalue weighted by molar-refractivity contribution is 9.10. The van der Waals surface area contributed by atoms with Gasteiger partial charge in [0.1, 0.15) is 11.4 Å². The largest absolute Gasteiger partial charge is 0.450 e. The normalized spacial score (nSPS) is 19.2. The van der Waals surface area contributed by atoms with Crippen LogP contribution in [0.5, 0.6) is 0 Å². The van der Waals surface area contributed by atoms with E-state index in [4.69, 9.17) is 9.15 Å². The number of nitrogens with zero attached hydrogens (tertiary/aromatic N) is 2. The van der Waals surface area contributed by atoms with Crippen LogP contribution in [0.2, 0.25) is 0 Å². The van der Waals surface area contributed by atoms with Gasteiger partial charge in [-0.1, -0.05) is 28.1 Å². The highest BCUT2D eigenvalue weighted by Gasteiger charge is 2.42. The summed E-state index contributed by atoms with van der Waals surface area (Å²) in [6, 6.07) is 10.5. The van der Waals surface area contributed by atoms with Crippen molar-refractivity contribution in [2.45, 2.75) is 6.04 Å². The number of rotatable bonds is 4. The van der Waals surface area contributed by atoms with E-state index >= 15 is 0 Å². The minimum atomic E-state index is -0.622. The van der Waals surface area contributed by atoms with Crippen LogP contribution in [-0.4, -0.2) is 55.1 Å². The van der Waals surface area contributed by atoms with E-state index in [9.17, 15) is 14.0 Å². The molecule has 1 fully saturated rings. The van der Waals surface area contributed by atoms with Gasteiger partial charge in [0, 0.05) is 30.7 Å². The lowest BCUT2D eigenvalue weighted by Gasteiger charge is -2.31. The average Bonchev–Trinajstić information content (AvgIpc) is 3.06. The van der Waals surface area contributed by atoms with Gasteiger partial charge in [0.2, 0.25) is 5.76 Å². The van der Waals surface area contributed by atoms with Gasteiger partial charge < -0.3 is 14.1 Å². The van der Waals surface area contributed by atoms with Crippen LogP contribution in [0.1, 0.15) is 27.7 Å². The molecule has 31 heavy (non-hydrogen) atoms. The lowest BCUT2D eigenvalue weighted by atomic mass is 9.98. The molecule has 0 saturated carbocycles. The van der Waals surface area contributed by atoms with Crippen molar-refractivity contribution in [2.24, 2.45) is 0 Å². The molecule has 0 radical (unpaired) electrons. The molecule has 6 nitrogen and oxygen atoms in total. The van der Waals surface area contributed by atoms with Gasteiger partial charge in [0.25, 0.3) is 5.91 Å². The fourth-order valence-corrected chi connectivity index (χ4v) is 4.65. The molecule has 0 N–H and O–H groups in total.